The lowest BCUT2D eigenvalue weighted by Gasteiger charge is -2.38. The van der Waals surface area contributed by atoms with Gasteiger partial charge in [-0.25, -0.2) is 14.0 Å². The molecule has 2 aromatic carbocycles. The lowest BCUT2D eigenvalue weighted by Crippen LogP contribution is -2.51. The van der Waals surface area contributed by atoms with E-state index in [0.29, 0.717) is 45.3 Å². The maximum Gasteiger partial charge on any atom is 0.331 e. The Bertz CT molecular complexity index is 1660. The molecule has 228 valence electrons. The third kappa shape index (κ3) is 6.04. The standard InChI is InChI=1S/C31H35ClFN5O5/c1-4-19(2)38-29(40)24(23-6-5-7-25(33)28(23)32)17-36(31(38)42)18-27(39)35-13-11-21(12-14-35)37-15-10-20-16-22(43-3)8-9-26(20)34-30(37)41/h5-9,16-17,19,21H,4,10-15,18H2,1-3H3,(H,34,41). The van der Waals surface area contributed by atoms with Gasteiger partial charge in [-0.05, 0) is 62.4 Å². The van der Waals surface area contributed by atoms with E-state index in [1.54, 1.807) is 18.9 Å². The number of nitrogens with zero attached hydrogens (tertiary/aromatic N) is 4. The molecule has 3 amide bonds. The monoisotopic (exact) mass is 611 g/mol. The molecular formula is C31H35ClFN5O5. The first-order valence-electron chi connectivity index (χ1n) is 14.5. The SMILES string of the molecule is CCC(C)n1c(=O)c(-c2cccc(F)c2Cl)cn(CC(=O)N2CCC(N3CCc4cc(OC)ccc4NC3=O)CC2)c1=O. The number of urea groups is 1. The van der Waals surface area contributed by atoms with Crippen LogP contribution in [0.3, 0.4) is 0 Å². The Labute approximate surface area is 253 Å². The van der Waals surface area contributed by atoms with E-state index in [4.69, 9.17) is 16.3 Å². The van der Waals surface area contributed by atoms with Crippen LogP contribution in [-0.2, 0) is 17.8 Å². The fraction of sp³-hybridized carbons (Fsp3) is 0.419. The van der Waals surface area contributed by atoms with Gasteiger partial charge in [-0.15, -0.1) is 0 Å². The van der Waals surface area contributed by atoms with E-state index in [1.807, 2.05) is 30.0 Å². The molecule has 0 spiro atoms. The third-order valence-corrected chi connectivity index (χ3v) is 8.84. The molecule has 0 aliphatic carbocycles. The molecule has 0 bridgehead atoms. The van der Waals surface area contributed by atoms with Crippen molar-refractivity contribution in [1.82, 2.24) is 18.9 Å². The number of carbonyl (C=O) groups is 2. The molecule has 1 N–H and O–H groups in total. The Balaban J connectivity index is 1.32. The average molecular weight is 612 g/mol. The molecule has 1 atom stereocenters. The molecule has 1 saturated heterocycles. The minimum atomic E-state index is -0.688. The van der Waals surface area contributed by atoms with E-state index >= 15 is 0 Å². The number of methoxy groups -OCH3 is 1. The zero-order valence-corrected chi connectivity index (χ0v) is 25.2. The van der Waals surface area contributed by atoms with Crippen LogP contribution in [-0.4, -0.2) is 63.7 Å². The molecule has 12 heteroatoms. The first-order valence-corrected chi connectivity index (χ1v) is 14.8. The molecule has 5 rings (SSSR count). The Morgan fingerprint density at radius 3 is 2.56 bits per heavy atom. The number of aromatic nitrogens is 2. The largest absolute Gasteiger partial charge is 0.497 e. The van der Waals surface area contributed by atoms with Gasteiger partial charge in [-0.2, -0.15) is 0 Å². The van der Waals surface area contributed by atoms with Crippen molar-refractivity contribution in [3.8, 4) is 16.9 Å². The van der Waals surface area contributed by atoms with Crippen LogP contribution in [0.5, 0.6) is 5.75 Å². The number of likely N-dealkylation sites (tertiary alicyclic amines) is 1. The molecule has 43 heavy (non-hydrogen) atoms. The predicted molar refractivity (Wildman–Crippen MR) is 162 cm³/mol. The summed E-state index contributed by atoms with van der Waals surface area (Å²) in [6, 6.07) is 9.07. The van der Waals surface area contributed by atoms with Crippen LogP contribution in [0.25, 0.3) is 11.1 Å². The molecule has 1 aromatic heterocycles. The van der Waals surface area contributed by atoms with E-state index in [0.717, 1.165) is 21.6 Å². The summed E-state index contributed by atoms with van der Waals surface area (Å²) in [7, 11) is 1.61. The van der Waals surface area contributed by atoms with Crippen molar-refractivity contribution in [2.75, 3.05) is 32.1 Å². The van der Waals surface area contributed by atoms with E-state index in [1.165, 1.54) is 29.0 Å². The Morgan fingerprint density at radius 1 is 1.12 bits per heavy atom. The molecule has 3 aromatic rings. The number of fused-ring (bicyclic) bond motifs is 1. The second-order valence-electron chi connectivity index (χ2n) is 11.0. The lowest BCUT2D eigenvalue weighted by atomic mass is 10.0. The van der Waals surface area contributed by atoms with Crippen LogP contribution in [0.1, 0.15) is 44.7 Å². The van der Waals surface area contributed by atoms with Crippen LogP contribution in [0, 0.1) is 5.82 Å². The molecular weight excluding hydrogens is 577 g/mol. The summed E-state index contributed by atoms with van der Waals surface area (Å²) in [6.45, 7) is 4.67. The Hall–Kier alpha value is -4.12. The summed E-state index contributed by atoms with van der Waals surface area (Å²) in [5.41, 5.74) is 0.766. The average Bonchev–Trinajstić information content (AvgIpc) is 3.17. The summed E-state index contributed by atoms with van der Waals surface area (Å²) in [5, 5.41) is 2.77. The van der Waals surface area contributed by atoms with Gasteiger partial charge in [-0.3, -0.25) is 18.7 Å². The number of halogens is 2. The number of piperidine rings is 1. The number of ether oxygens (including phenoxy) is 1. The number of benzene rings is 2. The lowest BCUT2D eigenvalue weighted by molar-refractivity contribution is -0.133. The highest BCUT2D eigenvalue weighted by Gasteiger charge is 2.32. The van der Waals surface area contributed by atoms with Gasteiger partial charge in [0.1, 0.15) is 18.1 Å². The highest BCUT2D eigenvalue weighted by Crippen LogP contribution is 2.29. The number of rotatable bonds is 7. The van der Waals surface area contributed by atoms with Gasteiger partial charge in [0.15, 0.2) is 0 Å². The third-order valence-electron chi connectivity index (χ3n) is 8.46. The normalized spacial score (nSPS) is 16.3. The molecule has 2 aliphatic heterocycles. The maximum atomic E-state index is 14.3. The summed E-state index contributed by atoms with van der Waals surface area (Å²) >= 11 is 6.20. The predicted octanol–water partition coefficient (Wildman–Crippen LogP) is 4.53. The van der Waals surface area contributed by atoms with Crippen molar-refractivity contribution in [3.05, 3.63) is 79.8 Å². The van der Waals surface area contributed by atoms with Crippen molar-refractivity contribution in [2.45, 2.75) is 58.2 Å². The van der Waals surface area contributed by atoms with Gasteiger partial charge in [0.25, 0.3) is 5.56 Å². The molecule has 10 nitrogen and oxygen atoms in total. The molecule has 1 fully saturated rings. The fourth-order valence-corrected chi connectivity index (χ4v) is 6.01. The van der Waals surface area contributed by atoms with Gasteiger partial charge in [-0.1, -0.05) is 30.7 Å². The van der Waals surface area contributed by atoms with Crippen molar-refractivity contribution < 1.29 is 18.7 Å². The minimum absolute atomic E-state index is 0.0432. The van der Waals surface area contributed by atoms with Gasteiger partial charge >= 0.3 is 11.7 Å². The second-order valence-corrected chi connectivity index (χ2v) is 11.4. The Morgan fingerprint density at radius 2 is 1.86 bits per heavy atom. The minimum Gasteiger partial charge on any atom is -0.497 e. The number of carbonyl (C=O) groups excluding carboxylic acids is 2. The van der Waals surface area contributed by atoms with E-state index in [9.17, 15) is 23.6 Å². The van der Waals surface area contributed by atoms with Gasteiger partial charge in [0.2, 0.25) is 5.91 Å². The summed E-state index contributed by atoms with van der Waals surface area (Å²) in [5.74, 6) is -0.240. The van der Waals surface area contributed by atoms with Crippen LogP contribution in [0.2, 0.25) is 5.02 Å². The molecule has 3 heterocycles. The molecule has 0 saturated carbocycles. The smallest absolute Gasteiger partial charge is 0.331 e. The number of amides is 3. The van der Waals surface area contributed by atoms with Crippen LogP contribution < -0.4 is 21.3 Å². The quantitative estimate of drug-likeness (QED) is 0.423. The van der Waals surface area contributed by atoms with Gasteiger partial charge in [0.05, 0.1) is 17.7 Å². The topological polar surface area (TPSA) is 106 Å². The number of hydrogen-bond donors (Lipinski definition) is 1. The number of hydrogen-bond acceptors (Lipinski definition) is 5. The van der Waals surface area contributed by atoms with Gasteiger partial charge in [0, 0.05) is 49.2 Å². The maximum absolute atomic E-state index is 14.3. The fourth-order valence-electron chi connectivity index (χ4n) is 5.78. The van der Waals surface area contributed by atoms with E-state index < -0.39 is 23.1 Å². The van der Waals surface area contributed by atoms with Crippen molar-refractivity contribution in [1.29, 1.82) is 0 Å². The van der Waals surface area contributed by atoms with Crippen LogP contribution in [0.15, 0.2) is 52.2 Å². The second kappa shape index (κ2) is 12.6. The van der Waals surface area contributed by atoms with Crippen LogP contribution in [0.4, 0.5) is 14.9 Å². The molecule has 2 aliphatic rings. The highest BCUT2D eigenvalue weighted by molar-refractivity contribution is 6.33. The zero-order valence-electron chi connectivity index (χ0n) is 24.4. The zero-order chi connectivity index (χ0) is 30.8. The van der Waals surface area contributed by atoms with Crippen molar-refractivity contribution in [3.63, 3.8) is 0 Å². The van der Waals surface area contributed by atoms with E-state index in [2.05, 4.69) is 5.32 Å². The summed E-state index contributed by atoms with van der Waals surface area (Å²) in [4.78, 5) is 56.7. The van der Waals surface area contributed by atoms with Crippen molar-refractivity contribution >= 4 is 29.2 Å². The summed E-state index contributed by atoms with van der Waals surface area (Å²) in [6.07, 6.45) is 3.65. The summed E-state index contributed by atoms with van der Waals surface area (Å²) < 4.78 is 21.9. The first kappa shape index (κ1) is 30.3. The number of nitrogens with one attached hydrogen (secondary N) is 1. The molecule has 0 radical (unpaired) electrons. The van der Waals surface area contributed by atoms with E-state index in [-0.39, 0.29) is 40.7 Å². The van der Waals surface area contributed by atoms with Gasteiger partial charge < -0.3 is 19.9 Å². The Kier molecular flexibility index (Phi) is 8.91. The van der Waals surface area contributed by atoms with Crippen molar-refractivity contribution in [2.24, 2.45) is 0 Å². The van der Waals surface area contributed by atoms with Crippen LogP contribution >= 0.6 is 11.6 Å². The first-order chi connectivity index (χ1) is 20.6. The molecule has 1 unspecified atom stereocenters. The number of anilines is 1. The highest BCUT2D eigenvalue weighted by atomic mass is 35.5.